The minimum atomic E-state index is -0.906. The van der Waals surface area contributed by atoms with E-state index in [0.29, 0.717) is 70.7 Å². The summed E-state index contributed by atoms with van der Waals surface area (Å²) in [5, 5.41) is 8.27. The number of piperidine rings is 2. The molecule has 0 atom stereocenters. The minimum absolute atomic E-state index is 0.0127. The van der Waals surface area contributed by atoms with Gasteiger partial charge in [0.2, 0.25) is 11.9 Å². The van der Waals surface area contributed by atoms with Crippen LogP contribution in [0.1, 0.15) is 78.4 Å². The fourth-order valence-electron chi connectivity index (χ4n) is 11.4. The first-order valence-corrected chi connectivity index (χ1v) is 26.8. The molecule has 22 heteroatoms. The summed E-state index contributed by atoms with van der Waals surface area (Å²) in [6.07, 6.45) is 8.75. The second kappa shape index (κ2) is 22.5. The van der Waals surface area contributed by atoms with Gasteiger partial charge in [-0.25, -0.2) is 51.3 Å². The van der Waals surface area contributed by atoms with Crippen molar-refractivity contribution in [3.05, 3.63) is 135 Å². The number of fused-ring (bicyclic) bond motifs is 2. The molecule has 3 N–H and O–H groups in total. The van der Waals surface area contributed by atoms with Crippen molar-refractivity contribution in [2.45, 2.75) is 83.5 Å². The van der Waals surface area contributed by atoms with Gasteiger partial charge in [0.05, 0.1) is 24.3 Å². The first kappa shape index (κ1) is 52.6. The molecular formula is C56H57ClF5N13O3. The Balaban J connectivity index is 0.000000180. The number of benzene rings is 4. The van der Waals surface area contributed by atoms with Crippen LogP contribution in [-0.2, 0) is 13.1 Å². The molecule has 0 saturated carbocycles. The highest BCUT2D eigenvalue weighted by molar-refractivity contribution is 6.31. The van der Waals surface area contributed by atoms with E-state index in [1.54, 1.807) is 18.2 Å². The van der Waals surface area contributed by atoms with Gasteiger partial charge in [-0.3, -0.25) is 4.79 Å². The molecule has 8 heterocycles. The Hall–Kier alpha value is -7.49. The third-order valence-electron chi connectivity index (χ3n) is 15.5. The number of aryl methyl sites for hydroxylation is 1. The molecule has 0 aliphatic carbocycles. The zero-order valence-electron chi connectivity index (χ0n) is 42.9. The molecule has 0 radical (unpaired) electrons. The van der Waals surface area contributed by atoms with Gasteiger partial charge in [0.1, 0.15) is 45.6 Å². The zero-order chi connectivity index (χ0) is 54.2. The molecule has 5 amide bonds. The van der Waals surface area contributed by atoms with E-state index >= 15 is 8.78 Å². The van der Waals surface area contributed by atoms with Crippen LogP contribution in [0.4, 0.5) is 72.1 Å². The van der Waals surface area contributed by atoms with Crippen molar-refractivity contribution in [3.8, 4) is 11.3 Å². The van der Waals surface area contributed by atoms with E-state index in [-0.39, 0.29) is 29.9 Å². The molecule has 4 saturated heterocycles. The highest BCUT2D eigenvalue weighted by Gasteiger charge is 2.38. The molecule has 0 bridgehead atoms. The molecule has 2 aromatic heterocycles. The van der Waals surface area contributed by atoms with Crippen molar-refractivity contribution in [1.82, 2.24) is 40.4 Å². The van der Waals surface area contributed by atoms with E-state index in [1.165, 1.54) is 62.1 Å². The van der Waals surface area contributed by atoms with E-state index in [1.807, 2.05) is 11.8 Å². The quantitative estimate of drug-likeness (QED) is 0.0935. The average molecular weight is 1090 g/mol. The van der Waals surface area contributed by atoms with Gasteiger partial charge in [-0.05, 0) is 151 Å². The fourth-order valence-corrected chi connectivity index (χ4v) is 11.6. The number of carbonyl (C=O) groups is 3. The molecule has 12 rings (SSSR count). The summed E-state index contributed by atoms with van der Waals surface area (Å²) in [5.74, 6) is -3.43. The summed E-state index contributed by atoms with van der Waals surface area (Å²) in [7, 11) is 0. The molecule has 406 valence electrons. The van der Waals surface area contributed by atoms with Crippen LogP contribution in [0, 0.1) is 36.0 Å². The number of amides is 5. The summed E-state index contributed by atoms with van der Waals surface area (Å²) in [5.41, 5.74) is 2.49. The Morgan fingerprint density at radius 3 is 1.55 bits per heavy atom. The number of carbonyl (C=O) groups excluding carboxylic acids is 3. The minimum Gasteiger partial charge on any atom is -0.341 e. The lowest BCUT2D eigenvalue weighted by atomic mass is 9.97. The molecule has 0 spiro atoms. The maximum Gasteiger partial charge on any atom is 0.328 e. The smallest absolute Gasteiger partial charge is 0.328 e. The molecule has 78 heavy (non-hydrogen) atoms. The van der Waals surface area contributed by atoms with E-state index in [2.05, 4.69) is 40.6 Å². The van der Waals surface area contributed by atoms with Crippen LogP contribution >= 0.6 is 11.6 Å². The topological polar surface area (TPSA) is 158 Å². The van der Waals surface area contributed by atoms with Crippen LogP contribution < -0.4 is 35.6 Å². The van der Waals surface area contributed by atoms with Gasteiger partial charge in [-0.15, -0.1) is 0 Å². The lowest BCUT2D eigenvalue weighted by molar-refractivity contribution is 0.102. The lowest BCUT2D eigenvalue weighted by Crippen LogP contribution is -2.45. The molecule has 0 unspecified atom stereocenters. The van der Waals surface area contributed by atoms with Gasteiger partial charge in [-0.1, -0.05) is 29.8 Å². The Labute approximate surface area is 452 Å². The summed E-state index contributed by atoms with van der Waals surface area (Å²) in [4.78, 5) is 69.1. The largest absolute Gasteiger partial charge is 0.341 e. The number of anilines is 7. The Kier molecular flexibility index (Phi) is 15.1. The number of nitrogens with one attached hydrogen (secondary N) is 3. The van der Waals surface area contributed by atoms with Crippen molar-refractivity contribution < 1.29 is 36.3 Å². The van der Waals surface area contributed by atoms with Gasteiger partial charge in [-0.2, -0.15) is 9.97 Å². The van der Waals surface area contributed by atoms with Crippen LogP contribution in [0.25, 0.3) is 11.3 Å². The Bertz CT molecular complexity index is 3220. The monoisotopic (exact) mass is 1090 g/mol. The molecule has 6 aliphatic heterocycles. The lowest BCUT2D eigenvalue weighted by Gasteiger charge is -2.37. The van der Waals surface area contributed by atoms with Gasteiger partial charge in [0, 0.05) is 60.6 Å². The van der Waals surface area contributed by atoms with E-state index < -0.39 is 58.4 Å². The van der Waals surface area contributed by atoms with Crippen LogP contribution in [0.3, 0.4) is 0 Å². The molecule has 16 nitrogen and oxygen atoms in total. The summed E-state index contributed by atoms with van der Waals surface area (Å²) in [6.45, 7) is 9.39. The highest BCUT2D eigenvalue weighted by Crippen LogP contribution is 2.42. The van der Waals surface area contributed by atoms with Gasteiger partial charge >= 0.3 is 12.1 Å². The van der Waals surface area contributed by atoms with Crippen molar-refractivity contribution in [3.63, 3.8) is 0 Å². The van der Waals surface area contributed by atoms with Gasteiger partial charge < -0.3 is 35.6 Å². The number of hydrogen-bond donors (Lipinski definition) is 3. The number of aromatic nitrogens is 4. The SMILES string of the molecule is Cc1ccc(C(=O)Nc2ccc(F)cc2)cc1-c1nc(N2CCC(N3CCCC3)CC2)nc2c1CNC(=O)N2c1c(F)cccc1F.O=C1NCc2c(Cl)nc(N3CCC(N4CCCC4)CC3)nc2N1c1c(F)cccc1F. The number of nitrogens with zero attached hydrogens (tertiary/aromatic N) is 10. The predicted octanol–water partition coefficient (Wildman–Crippen LogP) is 10.4. The van der Waals surface area contributed by atoms with Crippen LogP contribution in [-0.4, -0.2) is 112 Å². The van der Waals surface area contributed by atoms with Crippen LogP contribution in [0.15, 0.2) is 78.9 Å². The van der Waals surface area contributed by atoms with Crippen LogP contribution in [0.5, 0.6) is 0 Å². The Morgan fingerprint density at radius 1 is 0.590 bits per heavy atom. The third-order valence-corrected chi connectivity index (χ3v) is 15.9. The average Bonchev–Trinajstić information content (AvgIpc) is 4.29. The Morgan fingerprint density at radius 2 is 1.05 bits per heavy atom. The molecule has 4 fully saturated rings. The molecule has 6 aromatic rings. The summed E-state index contributed by atoms with van der Waals surface area (Å²) >= 11 is 6.43. The van der Waals surface area contributed by atoms with Crippen LogP contribution in [0.2, 0.25) is 5.15 Å². The first-order valence-electron chi connectivity index (χ1n) is 26.5. The number of rotatable bonds is 9. The summed E-state index contributed by atoms with van der Waals surface area (Å²) < 4.78 is 72.8. The van der Waals surface area contributed by atoms with Gasteiger partial charge in [0.15, 0.2) is 11.6 Å². The maximum atomic E-state index is 15.2. The highest BCUT2D eigenvalue weighted by atomic mass is 35.5. The third kappa shape index (κ3) is 10.6. The second-order valence-electron chi connectivity index (χ2n) is 20.3. The molecule has 6 aliphatic rings. The van der Waals surface area contributed by atoms with E-state index in [9.17, 15) is 27.6 Å². The molecular weight excluding hydrogens is 1030 g/mol. The van der Waals surface area contributed by atoms with Crippen molar-refractivity contribution in [2.75, 3.05) is 77.3 Å². The first-order chi connectivity index (χ1) is 37.8. The maximum absolute atomic E-state index is 15.2. The molecule has 4 aromatic carbocycles. The van der Waals surface area contributed by atoms with Crippen molar-refractivity contribution in [1.29, 1.82) is 0 Å². The number of hydrogen-bond acceptors (Lipinski definition) is 11. The summed E-state index contributed by atoms with van der Waals surface area (Å²) in [6, 6.07) is 17.2. The number of para-hydroxylation sites is 2. The number of likely N-dealkylation sites (tertiary alicyclic amines) is 2. The van der Waals surface area contributed by atoms with Crippen molar-refractivity contribution in [2.24, 2.45) is 0 Å². The standard InChI is InChI=1S/C35H34F3N7O2.C21H23ClF2N6O/c1-21-7-8-22(33(46)40-24-11-9-23(36)10-12-24)19-26(21)30-27-20-39-35(47)45(31-28(37)5-4-6-29(31)38)32(27)42-34(41-30)44-17-13-25(14-18-44)43-15-2-3-16-43;22-18-14-12-25-21(31)30(17-15(23)4-3-5-16(17)24)19(14)27-20(26-18)29-10-6-13(7-11-29)28-8-1-2-9-28/h4-12,19,25H,2-3,13-18,20H2,1H3,(H,39,47)(H,40,46);3-5,13H,1-2,6-12H2,(H,25,31). The zero-order valence-corrected chi connectivity index (χ0v) is 43.6. The number of halogens is 6. The second-order valence-corrected chi connectivity index (χ2v) is 20.7. The normalized spacial score (nSPS) is 18.3. The van der Waals surface area contributed by atoms with Crippen molar-refractivity contribution >= 4 is 70.2 Å². The fraction of sp³-hybridized carbons (Fsp3) is 0.375. The van der Waals surface area contributed by atoms with Gasteiger partial charge in [0.25, 0.3) is 5.91 Å². The van der Waals surface area contributed by atoms with E-state index in [0.717, 1.165) is 105 Å². The van der Waals surface area contributed by atoms with E-state index in [4.69, 9.17) is 21.6 Å². The predicted molar refractivity (Wildman–Crippen MR) is 287 cm³/mol. The number of urea groups is 2.